The predicted molar refractivity (Wildman–Crippen MR) is 130 cm³/mol. The van der Waals surface area contributed by atoms with Crippen LogP contribution in [0, 0.1) is 6.92 Å². The number of amides is 1. The molecule has 1 atom stereocenters. The van der Waals surface area contributed by atoms with E-state index in [4.69, 9.17) is 0 Å². The third-order valence-electron chi connectivity index (χ3n) is 5.96. The number of piperidine rings is 1. The van der Waals surface area contributed by atoms with Crippen LogP contribution in [0.25, 0.3) is 0 Å². The smallest absolute Gasteiger partial charge is 0.244 e. The van der Waals surface area contributed by atoms with Crippen LogP contribution in [0.5, 0.6) is 0 Å². The first-order valence-electron chi connectivity index (χ1n) is 11.4. The van der Waals surface area contributed by atoms with Crippen molar-refractivity contribution < 1.29 is 13.2 Å². The van der Waals surface area contributed by atoms with Crippen LogP contribution in [-0.4, -0.2) is 44.6 Å². The minimum Gasteiger partial charge on any atom is -0.350 e. The molecule has 7 heteroatoms. The van der Waals surface area contributed by atoms with Gasteiger partial charge in [0.1, 0.15) is 6.04 Å². The van der Waals surface area contributed by atoms with Gasteiger partial charge in [0.15, 0.2) is 0 Å². The summed E-state index contributed by atoms with van der Waals surface area (Å²) in [7, 11) is -3.62. The van der Waals surface area contributed by atoms with Crippen LogP contribution < -0.4 is 9.62 Å². The van der Waals surface area contributed by atoms with Gasteiger partial charge in [-0.15, -0.1) is 0 Å². The molecular formula is C25H35N3O3S. The highest BCUT2D eigenvalue weighted by atomic mass is 32.2. The highest BCUT2D eigenvalue weighted by molar-refractivity contribution is 7.92. The molecule has 6 nitrogen and oxygen atoms in total. The number of likely N-dealkylation sites (tertiary alicyclic amines) is 1. The van der Waals surface area contributed by atoms with Crippen LogP contribution in [0.1, 0.15) is 49.3 Å². The lowest BCUT2D eigenvalue weighted by atomic mass is 10.1. The Labute approximate surface area is 192 Å². The first-order chi connectivity index (χ1) is 15.3. The summed E-state index contributed by atoms with van der Waals surface area (Å²) in [6, 6.07) is 14.7. The van der Waals surface area contributed by atoms with Crippen molar-refractivity contribution in [2.24, 2.45) is 0 Å². The largest absolute Gasteiger partial charge is 0.350 e. The fourth-order valence-electron chi connectivity index (χ4n) is 4.20. The molecule has 174 valence electrons. The fraction of sp³-hybridized carbons (Fsp3) is 0.480. The van der Waals surface area contributed by atoms with Crippen LogP contribution in [0.2, 0.25) is 0 Å². The van der Waals surface area contributed by atoms with E-state index in [2.05, 4.69) is 22.3 Å². The van der Waals surface area contributed by atoms with Crippen molar-refractivity contribution >= 4 is 21.6 Å². The average molecular weight is 458 g/mol. The lowest BCUT2D eigenvalue weighted by Crippen LogP contribution is -2.49. The molecule has 1 N–H and O–H groups in total. The lowest BCUT2D eigenvalue weighted by molar-refractivity contribution is -0.122. The predicted octanol–water partition coefficient (Wildman–Crippen LogP) is 3.84. The second-order valence-corrected chi connectivity index (χ2v) is 10.5. The van der Waals surface area contributed by atoms with Crippen molar-refractivity contribution in [3.05, 3.63) is 65.2 Å². The van der Waals surface area contributed by atoms with Crippen molar-refractivity contribution in [3.63, 3.8) is 0 Å². The highest BCUT2D eigenvalue weighted by Gasteiger charge is 2.31. The Bertz CT molecular complexity index is 982. The molecule has 2 aromatic carbocycles. The molecule has 1 unspecified atom stereocenters. The van der Waals surface area contributed by atoms with E-state index >= 15 is 0 Å². The van der Waals surface area contributed by atoms with Gasteiger partial charge in [0, 0.05) is 13.1 Å². The second kappa shape index (κ2) is 11.0. The summed E-state index contributed by atoms with van der Waals surface area (Å²) >= 11 is 0. The topological polar surface area (TPSA) is 69.7 Å². The molecule has 0 aliphatic carbocycles. The number of rotatable bonds is 9. The number of nitrogens with zero attached hydrogens (tertiary/aromatic N) is 2. The highest BCUT2D eigenvalue weighted by Crippen LogP contribution is 2.23. The Morgan fingerprint density at radius 1 is 1.00 bits per heavy atom. The number of hydrogen-bond acceptors (Lipinski definition) is 4. The number of benzene rings is 2. The van der Waals surface area contributed by atoms with Crippen LogP contribution in [0.3, 0.4) is 0 Å². The second-order valence-electron chi connectivity index (χ2n) is 8.69. The summed E-state index contributed by atoms with van der Waals surface area (Å²) < 4.78 is 26.3. The molecule has 1 saturated heterocycles. The van der Waals surface area contributed by atoms with Crippen LogP contribution in [0.4, 0.5) is 5.69 Å². The molecule has 3 rings (SSSR count). The van der Waals surface area contributed by atoms with E-state index in [9.17, 15) is 13.2 Å². The monoisotopic (exact) mass is 457 g/mol. The maximum Gasteiger partial charge on any atom is 0.244 e. The van der Waals surface area contributed by atoms with E-state index in [0.29, 0.717) is 18.7 Å². The molecule has 1 heterocycles. The molecule has 0 radical (unpaired) electrons. The molecule has 2 aromatic rings. The Hall–Kier alpha value is -2.38. The van der Waals surface area contributed by atoms with Gasteiger partial charge in [-0.05, 0) is 62.5 Å². The Morgan fingerprint density at radius 3 is 2.16 bits per heavy atom. The van der Waals surface area contributed by atoms with Gasteiger partial charge in [-0.3, -0.25) is 14.0 Å². The van der Waals surface area contributed by atoms with E-state index in [-0.39, 0.29) is 5.91 Å². The van der Waals surface area contributed by atoms with E-state index in [1.807, 2.05) is 38.1 Å². The molecule has 1 fully saturated rings. The zero-order chi connectivity index (χ0) is 23.1. The number of sulfonamides is 1. The van der Waals surface area contributed by atoms with Gasteiger partial charge in [-0.2, -0.15) is 0 Å². The quantitative estimate of drug-likeness (QED) is 0.621. The minimum absolute atomic E-state index is 0.295. The zero-order valence-electron chi connectivity index (χ0n) is 19.4. The van der Waals surface area contributed by atoms with E-state index in [1.54, 1.807) is 12.1 Å². The number of hydrogen-bond donors (Lipinski definition) is 1. The van der Waals surface area contributed by atoms with Crippen molar-refractivity contribution in [1.29, 1.82) is 0 Å². The van der Waals surface area contributed by atoms with Crippen molar-refractivity contribution in [2.75, 3.05) is 23.7 Å². The minimum atomic E-state index is -3.62. The molecule has 0 bridgehead atoms. The average Bonchev–Trinajstić information content (AvgIpc) is 2.77. The van der Waals surface area contributed by atoms with Crippen molar-refractivity contribution in [3.8, 4) is 0 Å². The fourth-order valence-corrected chi connectivity index (χ4v) is 5.41. The first kappa shape index (κ1) is 24.3. The third kappa shape index (κ3) is 6.56. The number of carbonyl (C=O) groups is 1. The molecule has 0 saturated carbocycles. The van der Waals surface area contributed by atoms with E-state index < -0.39 is 16.1 Å². The molecule has 1 aliphatic rings. The van der Waals surface area contributed by atoms with Crippen molar-refractivity contribution in [2.45, 2.75) is 58.7 Å². The normalized spacial score (nSPS) is 15.8. The molecule has 1 aliphatic heterocycles. The summed E-state index contributed by atoms with van der Waals surface area (Å²) in [5.74, 6) is -0.295. The summed E-state index contributed by atoms with van der Waals surface area (Å²) in [6.07, 6.45) is 5.39. The molecular weight excluding hydrogens is 422 g/mol. The molecule has 0 aromatic heterocycles. The van der Waals surface area contributed by atoms with Crippen molar-refractivity contribution in [1.82, 2.24) is 10.2 Å². The third-order valence-corrected chi connectivity index (χ3v) is 7.14. The summed E-state index contributed by atoms with van der Waals surface area (Å²) in [4.78, 5) is 15.5. The van der Waals surface area contributed by atoms with Gasteiger partial charge in [0.2, 0.25) is 15.9 Å². The lowest BCUT2D eigenvalue weighted by Gasteiger charge is -2.30. The van der Waals surface area contributed by atoms with E-state index in [1.165, 1.54) is 29.1 Å². The van der Waals surface area contributed by atoms with Gasteiger partial charge >= 0.3 is 0 Å². The standard InChI is InChI=1S/C25H35N3O3S/c1-4-24(28(32(3,30)31)23-14-8-20(2)9-15-23)25(29)26-18-21-10-12-22(13-11-21)19-27-16-6-5-7-17-27/h8-15,24H,4-7,16-19H2,1-3H3,(H,26,29). The Morgan fingerprint density at radius 2 is 1.59 bits per heavy atom. The van der Waals surface area contributed by atoms with Crippen LogP contribution in [0.15, 0.2) is 48.5 Å². The van der Waals surface area contributed by atoms with E-state index in [0.717, 1.165) is 37.0 Å². The number of carbonyl (C=O) groups excluding carboxylic acids is 1. The van der Waals surface area contributed by atoms with Gasteiger partial charge in [0.25, 0.3) is 0 Å². The zero-order valence-corrected chi connectivity index (χ0v) is 20.2. The summed E-state index contributed by atoms with van der Waals surface area (Å²) in [6.45, 7) is 7.42. The molecule has 1 amide bonds. The van der Waals surface area contributed by atoms with Gasteiger partial charge < -0.3 is 5.32 Å². The number of nitrogens with one attached hydrogen (secondary N) is 1. The molecule has 0 spiro atoms. The summed E-state index contributed by atoms with van der Waals surface area (Å²) in [5.41, 5.74) is 3.80. The summed E-state index contributed by atoms with van der Waals surface area (Å²) in [5, 5.41) is 2.93. The SMILES string of the molecule is CCC(C(=O)NCc1ccc(CN2CCCCC2)cc1)N(c1ccc(C)cc1)S(C)(=O)=O. The number of anilines is 1. The Balaban J connectivity index is 1.64. The first-order valence-corrected chi connectivity index (χ1v) is 13.3. The van der Waals surface area contributed by atoms with Gasteiger partial charge in [-0.1, -0.05) is 55.3 Å². The Kier molecular flexibility index (Phi) is 8.32. The van der Waals surface area contributed by atoms with Crippen LogP contribution >= 0.6 is 0 Å². The van der Waals surface area contributed by atoms with Gasteiger partial charge in [-0.25, -0.2) is 8.42 Å². The maximum absolute atomic E-state index is 13.0. The maximum atomic E-state index is 13.0. The van der Waals surface area contributed by atoms with Crippen LogP contribution in [-0.2, 0) is 27.9 Å². The number of aryl methyl sites for hydroxylation is 1. The molecule has 32 heavy (non-hydrogen) atoms. The van der Waals surface area contributed by atoms with Gasteiger partial charge in [0.05, 0.1) is 11.9 Å².